The van der Waals surface area contributed by atoms with Crippen LogP contribution in [0.25, 0.3) is 0 Å². The third-order valence-corrected chi connectivity index (χ3v) is 4.11. The average Bonchev–Trinajstić information content (AvgIpc) is 2.53. The number of hydrogen-bond donors (Lipinski definition) is 2. The molecule has 2 rings (SSSR count). The van der Waals surface area contributed by atoms with Gasteiger partial charge >= 0.3 is 0 Å². The van der Waals surface area contributed by atoms with Crippen molar-refractivity contribution < 1.29 is 4.79 Å². The van der Waals surface area contributed by atoms with Crippen molar-refractivity contribution >= 4 is 33.2 Å². The summed E-state index contributed by atoms with van der Waals surface area (Å²) in [5.74, 6) is -0.447. The first kappa shape index (κ1) is 16.8. The van der Waals surface area contributed by atoms with E-state index in [1.54, 1.807) is 12.1 Å². The Labute approximate surface area is 144 Å². The summed E-state index contributed by atoms with van der Waals surface area (Å²) in [7, 11) is 0. The lowest BCUT2D eigenvalue weighted by molar-refractivity contribution is -0.112. The van der Waals surface area contributed by atoms with E-state index in [1.807, 2.05) is 50.2 Å². The molecule has 0 fully saturated rings. The maximum atomic E-state index is 12.1. The molecule has 0 aliphatic heterocycles. The molecule has 116 valence electrons. The minimum absolute atomic E-state index is 0.00569. The van der Waals surface area contributed by atoms with E-state index in [1.165, 1.54) is 6.20 Å². The van der Waals surface area contributed by atoms with Gasteiger partial charge in [0.25, 0.3) is 5.91 Å². The minimum atomic E-state index is -0.447. The predicted octanol–water partition coefficient (Wildman–Crippen LogP) is 4.52. The van der Waals surface area contributed by atoms with E-state index in [2.05, 4.69) is 26.6 Å². The lowest BCUT2D eigenvalue weighted by Crippen LogP contribution is -2.14. The number of carbonyl (C=O) groups excluding carboxylic acids is 1. The van der Waals surface area contributed by atoms with Crippen LogP contribution in [0.3, 0.4) is 0 Å². The zero-order valence-electron chi connectivity index (χ0n) is 12.9. The first-order valence-electron chi connectivity index (χ1n) is 7.00. The predicted molar refractivity (Wildman–Crippen MR) is 96.0 cm³/mol. The van der Waals surface area contributed by atoms with Crippen LogP contribution in [-0.2, 0) is 4.79 Å². The molecule has 5 heteroatoms. The van der Waals surface area contributed by atoms with Crippen molar-refractivity contribution in [3.63, 3.8) is 0 Å². The molecule has 0 aliphatic rings. The van der Waals surface area contributed by atoms with Crippen LogP contribution in [0.1, 0.15) is 11.1 Å². The Bertz CT molecular complexity index is 789. The Balaban J connectivity index is 2.08. The first-order chi connectivity index (χ1) is 11.0. The molecule has 23 heavy (non-hydrogen) atoms. The summed E-state index contributed by atoms with van der Waals surface area (Å²) in [6.45, 7) is 3.94. The number of amides is 1. The first-order valence-corrected chi connectivity index (χ1v) is 7.80. The van der Waals surface area contributed by atoms with Crippen LogP contribution in [0.15, 0.2) is 58.7 Å². The van der Waals surface area contributed by atoms with Gasteiger partial charge in [-0.1, -0.05) is 33.6 Å². The fraction of sp³-hybridized carbons (Fsp3) is 0.111. The number of benzene rings is 2. The highest BCUT2D eigenvalue weighted by Crippen LogP contribution is 2.20. The maximum Gasteiger partial charge on any atom is 0.267 e. The van der Waals surface area contributed by atoms with Crippen LogP contribution in [0.2, 0.25) is 0 Å². The molecule has 0 saturated carbocycles. The van der Waals surface area contributed by atoms with Gasteiger partial charge in [0.1, 0.15) is 11.6 Å². The topological polar surface area (TPSA) is 64.9 Å². The summed E-state index contributed by atoms with van der Waals surface area (Å²) < 4.78 is 1.00. The van der Waals surface area contributed by atoms with Crippen molar-refractivity contribution in [2.75, 3.05) is 10.6 Å². The quantitative estimate of drug-likeness (QED) is 0.614. The Kier molecular flexibility index (Phi) is 5.56. The fourth-order valence-corrected chi connectivity index (χ4v) is 2.12. The van der Waals surface area contributed by atoms with Crippen molar-refractivity contribution in [3.05, 3.63) is 69.8 Å². The molecule has 0 spiro atoms. The molecular weight excluding hydrogens is 354 g/mol. The van der Waals surface area contributed by atoms with Gasteiger partial charge in [0, 0.05) is 22.0 Å². The highest BCUT2D eigenvalue weighted by atomic mass is 79.9. The van der Waals surface area contributed by atoms with Crippen molar-refractivity contribution in [2.45, 2.75) is 13.8 Å². The second-order valence-electron chi connectivity index (χ2n) is 5.10. The number of anilines is 2. The molecule has 2 aromatic rings. The highest BCUT2D eigenvalue weighted by molar-refractivity contribution is 9.10. The second-order valence-corrected chi connectivity index (χ2v) is 5.95. The minimum Gasteiger partial charge on any atom is -0.360 e. The third-order valence-electron chi connectivity index (χ3n) is 3.22. The largest absolute Gasteiger partial charge is 0.360 e. The Morgan fingerprint density at radius 2 is 1.78 bits per heavy atom. The average molecular weight is 370 g/mol. The number of nitriles is 1. The van der Waals surface area contributed by atoms with Gasteiger partial charge in [0.05, 0.1) is 0 Å². The van der Waals surface area contributed by atoms with Crippen molar-refractivity contribution in [3.8, 4) is 6.07 Å². The number of carbonyl (C=O) groups is 1. The number of aryl methyl sites for hydroxylation is 2. The van der Waals surface area contributed by atoms with E-state index in [0.717, 1.165) is 21.3 Å². The molecule has 0 saturated heterocycles. The number of hydrogen-bond acceptors (Lipinski definition) is 3. The van der Waals surface area contributed by atoms with Crippen molar-refractivity contribution in [1.82, 2.24) is 0 Å². The Morgan fingerprint density at radius 3 is 2.39 bits per heavy atom. The summed E-state index contributed by atoms with van der Waals surface area (Å²) in [4.78, 5) is 12.1. The molecule has 0 aliphatic carbocycles. The highest BCUT2D eigenvalue weighted by Gasteiger charge is 2.09. The summed E-state index contributed by atoms with van der Waals surface area (Å²) in [5, 5.41) is 14.8. The van der Waals surface area contributed by atoms with Crippen LogP contribution >= 0.6 is 15.9 Å². The summed E-state index contributed by atoms with van der Waals surface area (Å²) >= 11 is 3.43. The molecule has 2 N–H and O–H groups in total. The van der Waals surface area contributed by atoms with E-state index in [9.17, 15) is 4.79 Å². The van der Waals surface area contributed by atoms with Gasteiger partial charge in [-0.25, -0.2) is 0 Å². The normalized spacial score (nSPS) is 10.8. The van der Waals surface area contributed by atoms with Crippen molar-refractivity contribution in [2.24, 2.45) is 0 Å². The Morgan fingerprint density at radius 1 is 1.13 bits per heavy atom. The van der Waals surface area contributed by atoms with Gasteiger partial charge in [0.2, 0.25) is 0 Å². The van der Waals surface area contributed by atoms with Gasteiger partial charge in [0.15, 0.2) is 0 Å². The summed E-state index contributed by atoms with van der Waals surface area (Å²) in [5.41, 5.74) is 3.63. The van der Waals surface area contributed by atoms with Gasteiger partial charge in [-0.2, -0.15) is 5.26 Å². The number of nitrogens with zero attached hydrogens (tertiary/aromatic N) is 1. The van der Waals surface area contributed by atoms with Crippen LogP contribution < -0.4 is 10.6 Å². The van der Waals surface area contributed by atoms with E-state index in [4.69, 9.17) is 5.26 Å². The van der Waals surface area contributed by atoms with Crippen molar-refractivity contribution in [1.29, 1.82) is 5.26 Å². The molecule has 0 unspecified atom stereocenters. The smallest absolute Gasteiger partial charge is 0.267 e. The monoisotopic (exact) mass is 369 g/mol. The van der Waals surface area contributed by atoms with E-state index in [-0.39, 0.29) is 5.57 Å². The van der Waals surface area contributed by atoms with Gasteiger partial charge in [-0.3, -0.25) is 4.79 Å². The summed E-state index contributed by atoms with van der Waals surface area (Å²) in [6.07, 6.45) is 1.41. The molecular formula is C18H16BrN3O. The maximum absolute atomic E-state index is 12.1. The molecule has 2 aromatic carbocycles. The number of nitrogens with one attached hydrogen (secondary N) is 2. The molecule has 0 bridgehead atoms. The Hall–Kier alpha value is -2.58. The zero-order chi connectivity index (χ0) is 16.8. The van der Waals surface area contributed by atoms with Crippen LogP contribution in [0.4, 0.5) is 11.4 Å². The third kappa shape index (κ3) is 4.70. The van der Waals surface area contributed by atoms with E-state index < -0.39 is 5.91 Å². The molecule has 0 atom stereocenters. The summed E-state index contributed by atoms with van der Waals surface area (Å²) in [6, 6.07) is 15.0. The lowest BCUT2D eigenvalue weighted by Gasteiger charge is -2.06. The molecule has 0 radical (unpaired) electrons. The van der Waals surface area contributed by atoms with Gasteiger partial charge in [-0.15, -0.1) is 0 Å². The fourth-order valence-electron chi connectivity index (χ4n) is 1.87. The van der Waals surface area contributed by atoms with Crippen LogP contribution in [0, 0.1) is 25.2 Å². The van der Waals surface area contributed by atoms with E-state index in [0.29, 0.717) is 5.69 Å². The number of halogens is 1. The number of rotatable bonds is 4. The molecule has 0 aromatic heterocycles. The lowest BCUT2D eigenvalue weighted by atomic mass is 10.2. The molecule has 0 heterocycles. The SMILES string of the molecule is Cc1ccc(NC(=O)/C(C#N)=C\Nc2ccc(Br)c(C)c2)cc1. The van der Waals surface area contributed by atoms with E-state index >= 15 is 0 Å². The molecule has 1 amide bonds. The zero-order valence-corrected chi connectivity index (χ0v) is 14.4. The van der Waals surface area contributed by atoms with Crippen LogP contribution in [-0.4, -0.2) is 5.91 Å². The van der Waals surface area contributed by atoms with Gasteiger partial charge in [-0.05, 0) is 49.7 Å². The van der Waals surface area contributed by atoms with Gasteiger partial charge < -0.3 is 10.6 Å². The standard InChI is InChI=1S/C18H16BrN3O/c1-12-3-5-15(6-4-12)22-18(23)14(10-20)11-21-16-7-8-17(19)13(2)9-16/h3-9,11,21H,1-2H3,(H,22,23)/b14-11-. The molecule has 4 nitrogen and oxygen atoms in total. The van der Waals surface area contributed by atoms with Crippen LogP contribution in [0.5, 0.6) is 0 Å². The second kappa shape index (κ2) is 7.61.